The van der Waals surface area contributed by atoms with E-state index in [0.717, 1.165) is 4.57 Å². The average molecular weight is 1870 g/mol. The Balaban J connectivity index is 0.000000213. The average Bonchev–Trinajstić information content (AvgIpc) is 1.66. The van der Waals surface area contributed by atoms with Gasteiger partial charge in [-0.3, -0.25) is 23.1 Å². The molecule has 0 spiro atoms. The number of carbonyl (C=O) groups excluding carboxylic acids is 2. The minimum absolute atomic E-state index is 0.0537. The van der Waals surface area contributed by atoms with Gasteiger partial charge in [-0.15, -0.1) is 0 Å². The highest BCUT2D eigenvalue weighted by atomic mass is 28.5. The van der Waals surface area contributed by atoms with Crippen LogP contribution in [0, 0.1) is 0 Å². The van der Waals surface area contributed by atoms with E-state index in [1.165, 1.54) is 69.9 Å². The lowest BCUT2D eigenvalue weighted by atomic mass is 10.1. The van der Waals surface area contributed by atoms with Gasteiger partial charge in [0.05, 0.1) is 33.5 Å². The normalized spacial score (nSPS) is 28.6. The predicted octanol–water partition coefficient (Wildman–Crippen LogP) is 5.85. The molecule has 125 heavy (non-hydrogen) atoms. The van der Waals surface area contributed by atoms with Crippen LogP contribution in [-0.4, -0.2) is 255 Å². The van der Waals surface area contributed by atoms with Crippen molar-refractivity contribution < 1.29 is 102 Å². The van der Waals surface area contributed by atoms with Crippen molar-refractivity contribution in [3.05, 3.63) is 91.0 Å². The summed E-state index contributed by atoms with van der Waals surface area (Å²) in [4.78, 5) is 89.1. The molecule has 4 unspecified atom stereocenters. The lowest BCUT2D eigenvalue weighted by molar-refractivity contribution is -0.152. The van der Waals surface area contributed by atoms with Crippen molar-refractivity contribution in [3.63, 3.8) is 0 Å². The van der Waals surface area contributed by atoms with Gasteiger partial charge in [-0.05, 0) is 90.8 Å². The molecule has 0 aromatic carbocycles. The molecule has 0 saturated carbocycles. The van der Waals surface area contributed by atoms with E-state index in [1.807, 2.05) is 0 Å². The van der Waals surface area contributed by atoms with E-state index in [1.54, 1.807) is 0 Å². The zero-order chi connectivity index (χ0) is 93.4. The fraction of sp³-hybridized carbons (Fsp3) is 0.772. The van der Waals surface area contributed by atoms with Gasteiger partial charge in [-0.25, -0.2) is 24.0 Å². The van der Waals surface area contributed by atoms with Crippen LogP contribution in [0.1, 0.15) is 191 Å². The first-order chi connectivity index (χ1) is 58.5. The summed E-state index contributed by atoms with van der Waals surface area (Å²) >= 11 is 0. The summed E-state index contributed by atoms with van der Waals surface area (Å²) in [6, 6.07) is 5.92. The standard InChI is InChI=1S/C25H47N5O7Si2.C24H43N3O8Si2.C21H39N3O6Si2.C9H13N3O5/c1-15(2)38(16(3)4)34-13-19-22(36-39(37-38,17(5)6)18(7)8)23(33-14-21(31)28-11-10-26)24(35-19)30-12-9-20(27)29-25(30)32;1-14(2)36(15(3)4)32-12-18-21(34-37(35-36,16(5)6)17(7)8)22(31-13-20(28)30-9)23(33-18)27-11-10-19(25)26-24(27)29;1-12(2)31(13(3)4)27-11-16-19(29-32(30-31,14(5)6)15(7)8)18(25)20(28-16)24-10-9-17(22)23-21(24)26;10-5-1-2-12(9(16)11-5)8-7(15)6(14)4(3-13)17-8/h9,12,15-19,22-24H,10-11,13-14,26H2,1-8H3,(H,28,31)(H2,27,29,32);10-11,14-18,21-23H,12-13H2,1-9H3,(H2,25,26,29);9-10,12-16,18-20,25H,11H2,1-8H3,(H2,22,23,26);1-2,4,6-8,13-15H,3H2,(H2,10,11,16)/t19-,22?,23+,24-;18-,21?,22+,23-;16-,18+,19?,20-;4-,6?,7+,8-/m1111/s1. The second-order valence-electron chi connectivity index (χ2n) is 36.5. The summed E-state index contributed by atoms with van der Waals surface area (Å²) < 4.78 is 109. The molecule has 15 N–H and O–H groups in total. The molecule has 708 valence electrons. The molecule has 7 saturated heterocycles. The number of amides is 1. The summed E-state index contributed by atoms with van der Waals surface area (Å²) in [6.45, 7) is 51.5. The van der Waals surface area contributed by atoms with E-state index in [-0.39, 0.29) is 129 Å². The number of carbonyl (C=O) groups is 2. The van der Waals surface area contributed by atoms with Gasteiger partial charge in [-0.1, -0.05) is 166 Å². The Morgan fingerprint density at radius 1 is 0.424 bits per heavy atom. The van der Waals surface area contributed by atoms with E-state index in [2.05, 4.69) is 191 Å². The zero-order valence-electron chi connectivity index (χ0n) is 77.2. The highest BCUT2D eigenvalue weighted by Crippen LogP contribution is 2.53. The van der Waals surface area contributed by atoms with Gasteiger partial charge >= 0.3 is 80.1 Å². The van der Waals surface area contributed by atoms with Gasteiger partial charge in [0.2, 0.25) is 5.91 Å². The molecule has 1 amide bonds. The number of nitrogens with zero attached hydrogens (tertiary/aromatic N) is 8. The molecule has 7 aliphatic rings. The maximum Gasteiger partial charge on any atom is 0.351 e. The van der Waals surface area contributed by atoms with Crippen LogP contribution in [0.5, 0.6) is 0 Å². The monoisotopic (exact) mass is 1870 g/mol. The Labute approximate surface area is 738 Å². The molecule has 4 aromatic heterocycles. The number of methoxy groups -OCH3 is 1. The largest absolute Gasteiger partial charge is 0.467 e. The van der Waals surface area contributed by atoms with Crippen LogP contribution in [0.3, 0.4) is 0 Å². The molecule has 0 bridgehead atoms. The molecule has 46 heteroatoms. The Bertz CT molecular complexity index is 4390. The van der Waals surface area contributed by atoms with E-state index in [9.17, 15) is 44.1 Å². The van der Waals surface area contributed by atoms with Crippen molar-refractivity contribution in [1.29, 1.82) is 0 Å². The number of hydrogen-bond donors (Lipinski definition) is 10. The number of aromatic nitrogens is 8. The molecule has 11 rings (SSSR count). The number of anilines is 4. The van der Waals surface area contributed by atoms with Gasteiger partial charge in [0, 0.05) is 37.9 Å². The molecular weight excluding hydrogens is 1730 g/mol. The number of rotatable bonds is 25. The first-order valence-corrected chi connectivity index (χ1v) is 55.3. The molecule has 40 nitrogen and oxygen atoms in total. The molecule has 11 heterocycles. The van der Waals surface area contributed by atoms with Crippen LogP contribution in [0.4, 0.5) is 23.3 Å². The molecule has 0 radical (unpaired) electrons. The third-order valence-corrected chi connectivity index (χ3v) is 55.1. The zero-order valence-corrected chi connectivity index (χ0v) is 83.2. The third kappa shape index (κ3) is 22.3. The van der Waals surface area contributed by atoms with Gasteiger partial charge < -0.3 is 126 Å². The lowest BCUT2D eigenvalue weighted by Gasteiger charge is -2.51. The topological polar surface area (TPSA) is 544 Å². The van der Waals surface area contributed by atoms with Crippen LogP contribution in [0.15, 0.2) is 68.2 Å². The minimum Gasteiger partial charge on any atom is -0.467 e. The van der Waals surface area contributed by atoms with Gasteiger partial charge in [0.15, 0.2) is 24.9 Å². The summed E-state index contributed by atoms with van der Waals surface area (Å²) in [5.74, 6) is -0.508. The number of aliphatic hydroxyl groups excluding tert-OH is 4. The van der Waals surface area contributed by atoms with Gasteiger partial charge in [0.1, 0.15) is 110 Å². The third-order valence-electron chi connectivity index (χ3n) is 24.4. The molecule has 7 fully saturated rings. The number of nitrogen functional groups attached to an aromatic ring is 4. The van der Waals surface area contributed by atoms with Crippen LogP contribution < -0.4 is 56.7 Å². The van der Waals surface area contributed by atoms with Crippen molar-refractivity contribution in [3.8, 4) is 0 Å². The number of nitrogens with two attached hydrogens (primary N) is 5. The fourth-order valence-corrected chi connectivity index (χ4v) is 51.3. The maximum atomic E-state index is 12.9. The first-order valence-electron chi connectivity index (χ1n) is 43.4. The van der Waals surface area contributed by atoms with Crippen LogP contribution in [0.25, 0.3) is 0 Å². The smallest absolute Gasteiger partial charge is 0.351 e. The molecular formula is C79H142N14O26Si6. The number of aliphatic hydroxyl groups is 4. The van der Waals surface area contributed by atoms with E-state index < -0.39 is 185 Å². The van der Waals surface area contributed by atoms with Crippen molar-refractivity contribution >= 4 is 86.5 Å². The summed E-state index contributed by atoms with van der Waals surface area (Å²) in [5, 5.41) is 42.1. The SMILES string of the molecule is CC(C)[Si]1(C(C)C)OC[C@H]2O[C@@H](n3ccc(N)nc3=O)[C@@H](O)C2O[Si](C(C)C)(C(C)C)O1.CC(C)[Si]1(C(C)C)OC[C@H]2O[C@@H](n3ccc(N)nc3=O)[C@@H](OCC(=O)NCCN)C2O[Si](C(C)C)(C(C)C)O1.COC(=O)CO[C@H]1C2O[Si](C(C)C)(C(C)C)O[Si](C(C)C)(C(C)C)OC[C@H]2O[C@H]1n1ccc(N)nc1=O.Nc1ccn([C@@H]2O[C@H](CO)C(O)[C@@H]2O)c(=O)n1. The Hall–Kier alpha value is -5.84. The summed E-state index contributed by atoms with van der Waals surface area (Å²) in [6.07, 6.45) is -7.85. The highest BCUT2D eigenvalue weighted by molar-refractivity contribution is 6.85. The number of nitrogens with one attached hydrogen (secondary N) is 1. The second-order valence-corrected chi connectivity index (χ2v) is 63.1. The van der Waals surface area contributed by atoms with Gasteiger partial charge in [-0.2, -0.15) is 19.9 Å². The molecule has 16 atom stereocenters. The van der Waals surface area contributed by atoms with Crippen LogP contribution >= 0.6 is 0 Å². The summed E-state index contributed by atoms with van der Waals surface area (Å²) in [7, 11) is -15.9. The second kappa shape index (κ2) is 43.5. The number of esters is 1. The van der Waals surface area contributed by atoms with Crippen molar-refractivity contribution in [2.24, 2.45) is 5.73 Å². The Morgan fingerprint density at radius 3 is 0.984 bits per heavy atom. The van der Waals surface area contributed by atoms with Crippen molar-refractivity contribution in [1.82, 2.24) is 43.5 Å². The predicted molar refractivity (Wildman–Crippen MR) is 477 cm³/mol. The molecule has 7 aliphatic heterocycles. The lowest BCUT2D eigenvalue weighted by Crippen LogP contribution is -2.66. The first kappa shape index (κ1) is 105. The molecule has 0 aliphatic carbocycles. The Morgan fingerprint density at radius 2 is 0.704 bits per heavy atom. The van der Waals surface area contributed by atoms with Gasteiger partial charge in [0.25, 0.3) is 0 Å². The molecule has 4 aromatic rings. The summed E-state index contributed by atoms with van der Waals surface area (Å²) in [5.41, 5.74) is 27.2. The van der Waals surface area contributed by atoms with Crippen molar-refractivity contribution in [2.45, 2.75) is 331 Å². The van der Waals surface area contributed by atoms with E-state index >= 15 is 0 Å². The van der Waals surface area contributed by atoms with E-state index in [4.69, 9.17) is 106 Å². The Kier molecular flexibility index (Phi) is 36.4. The quantitative estimate of drug-likeness (QED) is 0.0274. The maximum absolute atomic E-state index is 12.9. The fourth-order valence-electron chi connectivity index (χ4n) is 17.7. The minimum atomic E-state index is -3.00. The van der Waals surface area contributed by atoms with Crippen molar-refractivity contribution in [2.75, 3.05) is 82.8 Å². The van der Waals surface area contributed by atoms with E-state index in [0.29, 0.717) is 13.1 Å². The highest BCUT2D eigenvalue weighted by Gasteiger charge is 2.66. The van der Waals surface area contributed by atoms with Crippen LogP contribution in [-0.2, 0) is 81.6 Å². The number of fused-ring (bicyclic) bond motifs is 3. The number of hydrogen-bond acceptors (Lipinski definition) is 35. The number of ether oxygens (including phenoxy) is 7. The van der Waals surface area contributed by atoms with Crippen LogP contribution in [0.2, 0.25) is 66.5 Å².